The highest BCUT2D eigenvalue weighted by atomic mass is 16.5. The van der Waals surface area contributed by atoms with Crippen molar-refractivity contribution in [3.8, 4) is 0 Å². The molecule has 2 aromatic carbocycles. The van der Waals surface area contributed by atoms with Crippen LogP contribution in [0.2, 0.25) is 0 Å². The third-order valence-electron chi connectivity index (χ3n) is 4.09. The van der Waals surface area contributed by atoms with E-state index in [4.69, 9.17) is 10.5 Å². The van der Waals surface area contributed by atoms with Crippen LogP contribution in [0.3, 0.4) is 0 Å². The minimum Gasteiger partial charge on any atom is -0.465 e. The number of benzene rings is 2. The molecule has 0 aliphatic heterocycles. The number of rotatable bonds is 6. The second kappa shape index (κ2) is 8.18. The van der Waals surface area contributed by atoms with Crippen molar-refractivity contribution < 1.29 is 9.53 Å². The fourth-order valence-corrected chi connectivity index (χ4v) is 2.77. The molecule has 0 aliphatic rings. The van der Waals surface area contributed by atoms with Gasteiger partial charge in [-0.05, 0) is 31.2 Å². The van der Waals surface area contributed by atoms with E-state index >= 15 is 0 Å². The first-order valence-corrected chi connectivity index (χ1v) is 8.53. The van der Waals surface area contributed by atoms with Crippen molar-refractivity contribution in [2.24, 2.45) is 0 Å². The molecule has 1 heterocycles. The van der Waals surface area contributed by atoms with Gasteiger partial charge in [0, 0.05) is 12.2 Å². The number of hydrogen-bond acceptors (Lipinski definition) is 7. The van der Waals surface area contributed by atoms with Crippen LogP contribution in [-0.2, 0) is 4.74 Å². The molecular weight excluding hydrogens is 342 g/mol. The smallest absolute Gasteiger partial charge is 0.339 e. The molecule has 138 valence electrons. The van der Waals surface area contributed by atoms with Crippen molar-refractivity contribution in [2.45, 2.75) is 6.92 Å². The lowest BCUT2D eigenvalue weighted by Gasteiger charge is -2.24. The molecule has 3 aromatic rings. The van der Waals surface area contributed by atoms with Gasteiger partial charge in [0.25, 0.3) is 0 Å². The zero-order valence-corrected chi connectivity index (χ0v) is 15.2. The number of nitrogens with zero attached hydrogens (tertiary/aromatic N) is 3. The van der Waals surface area contributed by atoms with Crippen molar-refractivity contribution >= 4 is 34.7 Å². The second-order valence-corrected chi connectivity index (χ2v) is 5.70. The number of esters is 1. The second-order valence-electron chi connectivity index (χ2n) is 5.70. The van der Waals surface area contributed by atoms with Crippen LogP contribution in [0.4, 0.5) is 28.7 Å². The molecule has 3 rings (SSSR count). The molecule has 3 N–H and O–H groups in total. The van der Waals surface area contributed by atoms with Crippen LogP contribution in [-0.4, -0.2) is 29.6 Å². The van der Waals surface area contributed by atoms with Gasteiger partial charge in [-0.15, -0.1) is 0 Å². The summed E-state index contributed by atoms with van der Waals surface area (Å²) in [6, 6.07) is 16.9. The third-order valence-corrected chi connectivity index (χ3v) is 4.09. The highest BCUT2D eigenvalue weighted by Gasteiger charge is 2.17. The number of anilines is 5. The summed E-state index contributed by atoms with van der Waals surface area (Å²) in [7, 11) is 1.34. The molecule has 0 amide bonds. The quantitative estimate of drug-likeness (QED) is 0.644. The van der Waals surface area contributed by atoms with Gasteiger partial charge in [-0.1, -0.05) is 30.3 Å². The molecular formula is C20H21N5O2. The lowest BCUT2D eigenvalue weighted by atomic mass is 10.2. The van der Waals surface area contributed by atoms with Crippen LogP contribution >= 0.6 is 0 Å². The van der Waals surface area contributed by atoms with Crippen LogP contribution in [0, 0.1) is 0 Å². The van der Waals surface area contributed by atoms with Gasteiger partial charge >= 0.3 is 5.97 Å². The van der Waals surface area contributed by atoms with Gasteiger partial charge in [-0.2, -0.15) is 0 Å². The molecule has 0 bridgehead atoms. The van der Waals surface area contributed by atoms with Crippen molar-refractivity contribution in [2.75, 3.05) is 29.6 Å². The fraction of sp³-hybridized carbons (Fsp3) is 0.150. The van der Waals surface area contributed by atoms with Crippen molar-refractivity contribution in [3.63, 3.8) is 0 Å². The van der Waals surface area contributed by atoms with Gasteiger partial charge in [0.15, 0.2) is 11.6 Å². The van der Waals surface area contributed by atoms with Crippen LogP contribution in [0.5, 0.6) is 0 Å². The van der Waals surface area contributed by atoms with E-state index in [1.807, 2.05) is 48.2 Å². The average molecular weight is 363 g/mol. The number of nitrogens with two attached hydrogens (primary N) is 1. The molecule has 0 fully saturated rings. The van der Waals surface area contributed by atoms with Crippen LogP contribution in [0.15, 0.2) is 60.9 Å². The van der Waals surface area contributed by atoms with Crippen LogP contribution in [0.1, 0.15) is 17.3 Å². The summed E-state index contributed by atoms with van der Waals surface area (Å²) >= 11 is 0. The Hall–Kier alpha value is -3.61. The monoisotopic (exact) mass is 363 g/mol. The number of carbonyl (C=O) groups excluding carboxylic acids is 1. The van der Waals surface area contributed by atoms with E-state index in [-0.39, 0.29) is 0 Å². The molecule has 0 aliphatic carbocycles. The normalized spacial score (nSPS) is 10.3. The number of nitrogen functional groups attached to an aromatic ring is 1. The predicted molar refractivity (Wildman–Crippen MR) is 107 cm³/mol. The molecule has 7 heteroatoms. The Morgan fingerprint density at radius 3 is 2.52 bits per heavy atom. The number of carbonyl (C=O) groups is 1. The Labute approximate surface area is 157 Å². The maximum Gasteiger partial charge on any atom is 0.339 e. The van der Waals surface area contributed by atoms with E-state index < -0.39 is 5.97 Å². The first kappa shape index (κ1) is 18.2. The molecule has 1 aromatic heterocycles. The molecule has 0 saturated carbocycles. The van der Waals surface area contributed by atoms with E-state index in [0.717, 1.165) is 5.69 Å². The highest BCUT2D eigenvalue weighted by molar-refractivity contribution is 5.97. The van der Waals surface area contributed by atoms with Crippen molar-refractivity contribution in [1.29, 1.82) is 0 Å². The third kappa shape index (κ3) is 3.82. The van der Waals surface area contributed by atoms with Gasteiger partial charge in [-0.3, -0.25) is 0 Å². The SMILES string of the molecule is CCN(c1ccccc1)c1ncnc(Nc2ccccc2C(=O)OC)c1N. The number of ether oxygens (including phenoxy) is 1. The summed E-state index contributed by atoms with van der Waals surface area (Å²) in [5.74, 6) is 0.577. The zero-order valence-electron chi connectivity index (χ0n) is 15.2. The molecule has 0 saturated heterocycles. The first-order valence-electron chi connectivity index (χ1n) is 8.53. The van der Waals surface area contributed by atoms with Gasteiger partial charge in [0.05, 0.1) is 18.4 Å². The average Bonchev–Trinajstić information content (AvgIpc) is 2.72. The highest BCUT2D eigenvalue weighted by Crippen LogP contribution is 2.33. The Bertz CT molecular complexity index is 931. The number of para-hydroxylation sites is 2. The van der Waals surface area contributed by atoms with Gasteiger partial charge in [0.1, 0.15) is 12.0 Å². The molecule has 0 atom stereocenters. The summed E-state index contributed by atoms with van der Waals surface area (Å²) in [4.78, 5) is 22.6. The van der Waals surface area contributed by atoms with E-state index in [2.05, 4.69) is 15.3 Å². The first-order chi connectivity index (χ1) is 13.2. The lowest BCUT2D eigenvalue weighted by Crippen LogP contribution is -2.20. The number of hydrogen-bond donors (Lipinski definition) is 2. The maximum absolute atomic E-state index is 12.0. The van der Waals surface area contributed by atoms with E-state index in [9.17, 15) is 4.79 Å². The summed E-state index contributed by atoms with van der Waals surface area (Å²) in [5.41, 5.74) is 8.68. The summed E-state index contributed by atoms with van der Waals surface area (Å²) in [5, 5.41) is 3.12. The van der Waals surface area contributed by atoms with Crippen molar-refractivity contribution in [3.05, 3.63) is 66.5 Å². The Morgan fingerprint density at radius 2 is 1.81 bits per heavy atom. The van der Waals surface area contributed by atoms with Gasteiger partial charge in [0.2, 0.25) is 0 Å². The standard InChI is InChI=1S/C20H21N5O2/c1-3-25(14-9-5-4-6-10-14)19-17(21)18(22-13-23-19)24-16-12-8-7-11-15(16)20(26)27-2/h4-13H,3,21H2,1-2H3,(H,22,23,24). The van der Waals surface area contributed by atoms with Crippen LogP contribution in [0.25, 0.3) is 0 Å². The maximum atomic E-state index is 12.0. The van der Waals surface area contributed by atoms with Crippen molar-refractivity contribution in [1.82, 2.24) is 9.97 Å². The molecule has 7 nitrogen and oxygen atoms in total. The topological polar surface area (TPSA) is 93.4 Å². The van der Waals surface area contributed by atoms with E-state index in [1.165, 1.54) is 13.4 Å². The van der Waals surface area contributed by atoms with E-state index in [0.29, 0.717) is 35.1 Å². The lowest BCUT2D eigenvalue weighted by molar-refractivity contribution is 0.0602. The summed E-state index contributed by atoms with van der Waals surface area (Å²) < 4.78 is 4.83. The van der Waals surface area contributed by atoms with Crippen LogP contribution < -0.4 is 16.0 Å². The Kier molecular flexibility index (Phi) is 5.51. The van der Waals surface area contributed by atoms with Gasteiger partial charge in [-0.25, -0.2) is 14.8 Å². The Morgan fingerprint density at radius 1 is 1.11 bits per heavy atom. The van der Waals surface area contributed by atoms with Gasteiger partial charge < -0.3 is 20.7 Å². The largest absolute Gasteiger partial charge is 0.465 e. The van der Waals surface area contributed by atoms with E-state index in [1.54, 1.807) is 18.2 Å². The number of methoxy groups -OCH3 is 1. The molecule has 27 heavy (non-hydrogen) atoms. The minimum absolute atomic E-state index is 0.392. The molecule has 0 spiro atoms. The summed E-state index contributed by atoms with van der Waals surface area (Å²) in [6.45, 7) is 2.71. The summed E-state index contributed by atoms with van der Waals surface area (Å²) in [6.07, 6.45) is 1.44. The Balaban J connectivity index is 1.98. The zero-order chi connectivity index (χ0) is 19.2. The molecule has 0 radical (unpaired) electrons. The number of aromatic nitrogens is 2. The minimum atomic E-state index is -0.439. The molecule has 0 unspecified atom stereocenters. The number of nitrogens with one attached hydrogen (secondary N) is 1. The fourth-order valence-electron chi connectivity index (χ4n) is 2.77. The predicted octanol–water partition coefficient (Wildman–Crippen LogP) is 3.75.